The van der Waals surface area contributed by atoms with Crippen LogP contribution in [-0.4, -0.2) is 42.4 Å². The van der Waals surface area contributed by atoms with Gasteiger partial charge in [0.25, 0.3) is 0 Å². The molecule has 0 amide bonds. The number of benzene rings is 4. The van der Waals surface area contributed by atoms with Crippen molar-refractivity contribution < 1.29 is 28.8 Å². The van der Waals surface area contributed by atoms with E-state index in [2.05, 4.69) is 0 Å². The first kappa shape index (κ1) is 27.1. The average Bonchev–Trinajstić information content (AvgIpc) is 2.99. The highest BCUT2D eigenvalue weighted by Crippen LogP contribution is 2.30. The summed E-state index contributed by atoms with van der Waals surface area (Å²) in [4.78, 5) is 0. The van der Waals surface area contributed by atoms with Crippen molar-refractivity contribution in [3.8, 4) is 5.75 Å². The van der Waals surface area contributed by atoms with Gasteiger partial charge in [0.2, 0.25) is 6.29 Å². The van der Waals surface area contributed by atoms with Gasteiger partial charge in [-0.15, -0.1) is 0 Å². The number of para-hydroxylation sites is 1. The van der Waals surface area contributed by atoms with Crippen LogP contribution in [0.5, 0.6) is 5.75 Å². The van der Waals surface area contributed by atoms with Crippen LogP contribution in [0.4, 0.5) is 0 Å². The Bertz CT molecular complexity index is 1220. The Labute approximate surface area is 229 Å². The summed E-state index contributed by atoms with van der Waals surface area (Å²) in [7, 11) is 0. The van der Waals surface area contributed by atoms with E-state index in [1.54, 1.807) is 0 Å². The Balaban J connectivity index is 1.36. The van der Waals surface area contributed by atoms with Crippen LogP contribution in [0.3, 0.4) is 0 Å². The molecule has 5 atom stereocenters. The van der Waals surface area contributed by atoms with Crippen molar-refractivity contribution >= 4 is 0 Å². The Morgan fingerprint density at radius 1 is 0.564 bits per heavy atom. The first-order valence-electron chi connectivity index (χ1n) is 13.2. The predicted molar refractivity (Wildman–Crippen MR) is 148 cm³/mol. The van der Waals surface area contributed by atoms with E-state index in [-0.39, 0.29) is 6.61 Å². The number of ether oxygens (including phenoxy) is 5. The van der Waals surface area contributed by atoms with Gasteiger partial charge in [0.05, 0.1) is 26.4 Å². The minimum atomic E-state index is -0.999. The molecule has 5 rings (SSSR count). The molecule has 0 spiro atoms. The lowest BCUT2D eigenvalue weighted by Gasteiger charge is -2.44. The number of hydrogen-bond acceptors (Lipinski definition) is 6. The van der Waals surface area contributed by atoms with Crippen LogP contribution in [0.25, 0.3) is 0 Å². The summed E-state index contributed by atoms with van der Waals surface area (Å²) >= 11 is 0. The fourth-order valence-corrected chi connectivity index (χ4v) is 4.52. The van der Waals surface area contributed by atoms with E-state index in [1.165, 1.54) is 0 Å². The van der Waals surface area contributed by atoms with Crippen molar-refractivity contribution in [2.75, 3.05) is 6.61 Å². The first-order valence-corrected chi connectivity index (χ1v) is 13.2. The Kier molecular flexibility index (Phi) is 9.74. The van der Waals surface area contributed by atoms with E-state index in [9.17, 15) is 5.11 Å². The fraction of sp³-hybridized carbons (Fsp3) is 0.273. The van der Waals surface area contributed by atoms with Gasteiger partial charge in [-0.05, 0) is 28.8 Å². The van der Waals surface area contributed by atoms with E-state index in [1.807, 2.05) is 121 Å². The molecule has 1 N–H and O–H groups in total. The molecule has 6 nitrogen and oxygen atoms in total. The van der Waals surface area contributed by atoms with Crippen LogP contribution >= 0.6 is 0 Å². The van der Waals surface area contributed by atoms with Gasteiger partial charge < -0.3 is 28.8 Å². The molecule has 0 radical (unpaired) electrons. The summed E-state index contributed by atoms with van der Waals surface area (Å²) in [5, 5.41) is 11.5. The average molecular weight is 527 g/mol. The van der Waals surface area contributed by atoms with Crippen molar-refractivity contribution in [2.24, 2.45) is 0 Å². The second-order valence-corrected chi connectivity index (χ2v) is 9.49. The molecular formula is C33H34O6. The van der Waals surface area contributed by atoms with Crippen molar-refractivity contribution in [1.29, 1.82) is 0 Å². The molecule has 6 heteroatoms. The quantitative estimate of drug-likeness (QED) is 0.262. The molecule has 4 aromatic carbocycles. The number of hydrogen-bond donors (Lipinski definition) is 1. The van der Waals surface area contributed by atoms with Gasteiger partial charge in [0.1, 0.15) is 30.2 Å². The molecular weight excluding hydrogens is 492 g/mol. The molecule has 0 bridgehead atoms. The van der Waals surface area contributed by atoms with Crippen LogP contribution in [0, 0.1) is 0 Å². The standard InChI is InChI=1S/C33H34O6/c34-30-29(24-35-21-25-13-5-1-6-14-25)39-33(38-28-19-11-4-12-20-28)32(37-23-27-17-9-3-10-18-27)31(30)36-22-26-15-7-2-8-16-26/h1-20,29-34H,21-24H2/t29-,30-,31+,32-,33-/m1/s1. The van der Waals surface area contributed by atoms with Gasteiger partial charge in [-0.1, -0.05) is 109 Å². The second kappa shape index (κ2) is 14.0. The topological polar surface area (TPSA) is 66.4 Å². The van der Waals surface area contributed by atoms with E-state index in [0.717, 1.165) is 16.7 Å². The van der Waals surface area contributed by atoms with Gasteiger partial charge in [0.15, 0.2) is 0 Å². The minimum absolute atomic E-state index is 0.168. The molecule has 0 unspecified atom stereocenters. The largest absolute Gasteiger partial charge is 0.462 e. The first-order chi connectivity index (χ1) is 19.3. The van der Waals surface area contributed by atoms with Gasteiger partial charge in [-0.25, -0.2) is 0 Å². The zero-order valence-corrected chi connectivity index (χ0v) is 21.8. The normalized spacial score (nSPS) is 22.8. The summed E-state index contributed by atoms with van der Waals surface area (Å²) in [5.74, 6) is 0.637. The molecule has 202 valence electrons. The minimum Gasteiger partial charge on any atom is -0.462 e. The van der Waals surface area contributed by atoms with Crippen molar-refractivity contribution in [1.82, 2.24) is 0 Å². The lowest BCUT2D eigenvalue weighted by molar-refractivity contribution is -0.301. The Morgan fingerprint density at radius 2 is 1.03 bits per heavy atom. The van der Waals surface area contributed by atoms with Crippen LogP contribution in [0.1, 0.15) is 16.7 Å². The molecule has 1 aliphatic heterocycles. The van der Waals surface area contributed by atoms with Crippen LogP contribution in [0.2, 0.25) is 0 Å². The maximum Gasteiger partial charge on any atom is 0.229 e. The Morgan fingerprint density at radius 3 is 1.56 bits per heavy atom. The van der Waals surface area contributed by atoms with E-state index < -0.39 is 30.7 Å². The van der Waals surface area contributed by atoms with Crippen LogP contribution in [0.15, 0.2) is 121 Å². The molecule has 1 fully saturated rings. The van der Waals surface area contributed by atoms with Gasteiger partial charge in [-0.2, -0.15) is 0 Å². The summed E-state index contributed by atoms with van der Waals surface area (Å²) < 4.78 is 31.3. The van der Waals surface area contributed by atoms with Crippen LogP contribution in [-0.2, 0) is 38.8 Å². The zero-order valence-electron chi connectivity index (χ0n) is 21.8. The van der Waals surface area contributed by atoms with Gasteiger partial charge in [0, 0.05) is 0 Å². The fourth-order valence-electron chi connectivity index (χ4n) is 4.52. The van der Waals surface area contributed by atoms with Crippen LogP contribution < -0.4 is 4.74 Å². The highest BCUT2D eigenvalue weighted by molar-refractivity contribution is 5.22. The molecule has 0 aliphatic carbocycles. The lowest BCUT2D eigenvalue weighted by atomic mass is 9.98. The monoisotopic (exact) mass is 526 g/mol. The third kappa shape index (κ3) is 7.76. The summed E-state index contributed by atoms with van der Waals surface area (Å²) in [6.45, 7) is 1.20. The third-order valence-electron chi connectivity index (χ3n) is 6.58. The number of aliphatic hydroxyl groups excluding tert-OH is 1. The highest BCUT2D eigenvalue weighted by Gasteiger charge is 2.48. The van der Waals surface area contributed by atoms with E-state index >= 15 is 0 Å². The van der Waals surface area contributed by atoms with E-state index in [0.29, 0.717) is 25.6 Å². The predicted octanol–water partition coefficient (Wildman–Crippen LogP) is 5.54. The number of rotatable bonds is 12. The number of aliphatic hydroxyl groups is 1. The summed E-state index contributed by atoms with van der Waals surface area (Å²) in [6, 6.07) is 39.1. The molecule has 39 heavy (non-hydrogen) atoms. The molecule has 0 saturated carbocycles. The van der Waals surface area contributed by atoms with Crippen molar-refractivity contribution in [2.45, 2.75) is 50.5 Å². The van der Waals surface area contributed by atoms with E-state index in [4.69, 9.17) is 23.7 Å². The second-order valence-electron chi connectivity index (χ2n) is 9.49. The zero-order chi connectivity index (χ0) is 26.7. The maximum absolute atomic E-state index is 11.5. The molecule has 0 aromatic heterocycles. The molecule has 1 heterocycles. The summed E-state index contributed by atoms with van der Waals surface area (Å²) in [5.41, 5.74) is 3.04. The summed E-state index contributed by atoms with van der Waals surface area (Å²) in [6.07, 6.45) is -3.93. The molecule has 4 aromatic rings. The smallest absolute Gasteiger partial charge is 0.229 e. The molecule has 1 aliphatic rings. The third-order valence-corrected chi connectivity index (χ3v) is 6.58. The van der Waals surface area contributed by atoms with Gasteiger partial charge >= 0.3 is 0 Å². The van der Waals surface area contributed by atoms with Crippen molar-refractivity contribution in [3.05, 3.63) is 138 Å². The highest BCUT2D eigenvalue weighted by atomic mass is 16.7. The molecule has 1 saturated heterocycles. The SMILES string of the molecule is O[C@H]1[C@H](OCc2ccccc2)[C@@H](OCc2ccccc2)[C@H](Oc2ccccc2)O[C@@H]1COCc1ccccc1. The van der Waals surface area contributed by atoms with Gasteiger partial charge in [-0.3, -0.25) is 0 Å². The maximum atomic E-state index is 11.5. The lowest BCUT2D eigenvalue weighted by Crippen LogP contribution is -2.61. The Hall–Kier alpha value is -3.52. The van der Waals surface area contributed by atoms with Crippen molar-refractivity contribution in [3.63, 3.8) is 0 Å².